The summed E-state index contributed by atoms with van der Waals surface area (Å²) in [6.45, 7) is 1.75. The zero-order valence-corrected chi connectivity index (χ0v) is 8.15. The zero-order valence-electron chi connectivity index (χ0n) is 6.74. The molecule has 11 heavy (non-hydrogen) atoms. The summed E-state index contributed by atoms with van der Waals surface area (Å²) in [5.74, 6) is 0. The molecular weight excluding hydrogens is 158 g/mol. The minimum atomic E-state index is 0. The molecule has 5 heteroatoms. The molecule has 0 amide bonds. The third kappa shape index (κ3) is 8.51. The number of hydrogen-bond acceptors (Lipinski definition) is 4. The fourth-order valence-corrected chi connectivity index (χ4v) is 0.760. The molecule has 4 nitrogen and oxygen atoms in total. The van der Waals surface area contributed by atoms with Gasteiger partial charge in [-0.1, -0.05) is 0 Å². The van der Waals surface area contributed by atoms with Gasteiger partial charge >= 0.3 is 0 Å². The van der Waals surface area contributed by atoms with Crippen LogP contribution in [0, 0.1) is 0 Å². The molecule has 0 aromatic heterocycles. The van der Waals surface area contributed by atoms with Crippen molar-refractivity contribution in [3.8, 4) is 0 Å². The van der Waals surface area contributed by atoms with Crippen LogP contribution in [0.15, 0.2) is 0 Å². The molecule has 0 heterocycles. The van der Waals surface area contributed by atoms with Crippen LogP contribution in [0.4, 0.5) is 0 Å². The van der Waals surface area contributed by atoms with Gasteiger partial charge in [-0.05, 0) is 0 Å². The SMILES string of the molecule is OCCN(CCO)CCO.[Mg]. The van der Waals surface area contributed by atoms with Crippen LogP contribution in [0.1, 0.15) is 0 Å². The molecule has 0 aliphatic carbocycles. The van der Waals surface area contributed by atoms with E-state index in [1.54, 1.807) is 4.90 Å². The molecule has 0 aliphatic rings. The first-order valence-corrected chi connectivity index (χ1v) is 3.40. The Kier molecular flexibility index (Phi) is 13.6. The van der Waals surface area contributed by atoms with Crippen LogP contribution in [0.5, 0.6) is 0 Å². The number of rotatable bonds is 6. The van der Waals surface area contributed by atoms with Crippen molar-refractivity contribution in [3.05, 3.63) is 0 Å². The van der Waals surface area contributed by atoms with Gasteiger partial charge in [-0.25, -0.2) is 0 Å². The zero-order chi connectivity index (χ0) is 7.82. The van der Waals surface area contributed by atoms with E-state index in [2.05, 4.69) is 0 Å². The van der Waals surface area contributed by atoms with E-state index in [9.17, 15) is 0 Å². The van der Waals surface area contributed by atoms with E-state index in [-0.39, 0.29) is 42.9 Å². The number of aliphatic hydroxyl groups is 3. The highest BCUT2D eigenvalue weighted by molar-refractivity contribution is 5.75. The van der Waals surface area contributed by atoms with Gasteiger partial charge in [0.1, 0.15) is 0 Å². The van der Waals surface area contributed by atoms with Gasteiger partial charge in [-0.15, -0.1) is 0 Å². The summed E-state index contributed by atoms with van der Waals surface area (Å²) in [6, 6.07) is 0. The molecular formula is C6H15MgNO3. The van der Waals surface area contributed by atoms with Crippen molar-refractivity contribution in [3.63, 3.8) is 0 Å². The minimum Gasteiger partial charge on any atom is -0.395 e. The van der Waals surface area contributed by atoms with Gasteiger partial charge in [0.15, 0.2) is 0 Å². The lowest BCUT2D eigenvalue weighted by Crippen LogP contribution is -2.32. The lowest BCUT2D eigenvalue weighted by Gasteiger charge is -2.17. The number of hydrogen-bond donors (Lipinski definition) is 3. The second-order valence-electron chi connectivity index (χ2n) is 2.01. The average Bonchev–Trinajstić information content (AvgIpc) is 1.90. The first-order valence-electron chi connectivity index (χ1n) is 3.40. The van der Waals surface area contributed by atoms with Crippen molar-refractivity contribution in [2.45, 2.75) is 0 Å². The lowest BCUT2D eigenvalue weighted by atomic mass is 10.4. The predicted octanol–water partition coefficient (Wildman–Crippen LogP) is -2.12. The van der Waals surface area contributed by atoms with Gasteiger partial charge in [-0.3, -0.25) is 4.90 Å². The standard InChI is InChI=1S/C6H15NO3.Mg/c8-4-1-7(2-5-9)3-6-10;/h8-10H,1-6H2;. The molecule has 0 spiro atoms. The summed E-state index contributed by atoms with van der Waals surface area (Å²) in [6.07, 6.45) is 0. The van der Waals surface area contributed by atoms with Crippen LogP contribution in [0.2, 0.25) is 0 Å². The summed E-state index contributed by atoms with van der Waals surface area (Å²) in [4.78, 5) is 1.79. The van der Waals surface area contributed by atoms with Crippen molar-refractivity contribution in [1.29, 1.82) is 0 Å². The van der Waals surface area contributed by atoms with Gasteiger partial charge in [0.25, 0.3) is 0 Å². The Labute approximate surface area is 83.0 Å². The molecule has 0 saturated heterocycles. The highest BCUT2D eigenvalue weighted by Gasteiger charge is 2.00. The van der Waals surface area contributed by atoms with Crippen molar-refractivity contribution in [2.75, 3.05) is 39.5 Å². The Morgan fingerprint density at radius 3 is 1.18 bits per heavy atom. The van der Waals surface area contributed by atoms with Crippen LogP contribution in [-0.2, 0) is 0 Å². The first-order chi connectivity index (χ1) is 4.85. The molecule has 0 aromatic rings. The number of aliphatic hydroxyl groups excluding tert-OH is 3. The summed E-state index contributed by atoms with van der Waals surface area (Å²) >= 11 is 0. The van der Waals surface area contributed by atoms with Crippen molar-refractivity contribution >= 4 is 23.1 Å². The highest BCUT2D eigenvalue weighted by Crippen LogP contribution is 1.84. The van der Waals surface area contributed by atoms with Crippen molar-refractivity contribution in [1.82, 2.24) is 4.90 Å². The van der Waals surface area contributed by atoms with E-state index in [1.165, 1.54) is 0 Å². The van der Waals surface area contributed by atoms with E-state index in [1.807, 2.05) is 0 Å². The minimum absolute atomic E-state index is 0. The summed E-state index contributed by atoms with van der Waals surface area (Å²) in [7, 11) is 0. The Bertz CT molecular complexity index is 60.6. The van der Waals surface area contributed by atoms with Crippen LogP contribution in [-0.4, -0.2) is 82.7 Å². The quantitative estimate of drug-likeness (QED) is 0.402. The van der Waals surface area contributed by atoms with Gasteiger partial charge in [0.05, 0.1) is 19.8 Å². The predicted molar refractivity (Wildman–Crippen MR) is 43.5 cm³/mol. The van der Waals surface area contributed by atoms with Crippen LogP contribution in [0.25, 0.3) is 0 Å². The van der Waals surface area contributed by atoms with Gasteiger partial charge in [-0.2, -0.15) is 0 Å². The smallest absolute Gasteiger partial charge is 0.0558 e. The summed E-state index contributed by atoms with van der Waals surface area (Å²) < 4.78 is 0. The van der Waals surface area contributed by atoms with Gasteiger partial charge in [0, 0.05) is 42.7 Å². The number of nitrogens with zero attached hydrogens (tertiary/aromatic N) is 1. The summed E-state index contributed by atoms with van der Waals surface area (Å²) in [5.41, 5.74) is 0. The second-order valence-corrected chi connectivity index (χ2v) is 2.01. The maximum absolute atomic E-state index is 8.48. The highest BCUT2D eigenvalue weighted by atomic mass is 24.3. The van der Waals surface area contributed by atoms with E-state index in [0.29, 0.717) is 19.6 Å². The topological polar surface area (TPSA) is 63.9 Å². The molecule has 0 unspecified atom stereocenters. The molecule has 0 fully saturated rings. The summed E-state index contributed by atoms with van der Waals surface area (Å²) in [5, 5.41) is 25.5. The van der Waals surface area contributed by atoms with Crippen LogP contribution < -0.4 is 0 Å². The molecule has 2 radical (unpaired) electrons. The van der Waals surface area contributed by atoms with Crippen LogP contribution >= 0.6 is 0 Å². The van der Waals surface area contributed by atoms with E-state index in [0.717, 1.165) is 0 Å². The monoisotopic (exact) mass is 173 g/mol. The third-order valence-electron chi connectivity index (χ3n) is 1.25. The Morgan fingerprint density at radius 2 is 1.00 bits per heavy atom. The van der Waals surface area contributed by atoms with E-state index in [4.69, 9.17) is 15.3 Å². The fraction of sp³-hybridized carbons (Fsp3) is 1.00. The third-order valence-corrected chi connectivity index (χ3v) is 1.25. The normalized spacial score (nSPS) is 9.82. The van der Waals surface area contributed by atoms with Gasteiger partial charge < -0.3 is 15.3 Å². The Hall–Kier alpha value is 0.606. The molecule has 3 N–H and O–H groups in total. The molecule has 0 aromatic carbocycles. The molecule has 0 atom stereocenters. The molecule has 0 rings (SSSR count). The van der Waals surface area contributed by atoms with E-state index < -0.39 is 0 Å². The lowest BCUT2D eigenvalue weighted by molar-refractivity contribution is 0.136. The Balaban J connectivity index is 0. The second kappa shape index (κ2) is 10.6. The molecule has 64 valence electrons. The average molecular weight is 173 g/mol. The van der Waals surface area contributed by atoms with E-state index >= 15 is 0 Å². The largest absolute Gasteiger partial charge is 0.395 e. The molecule has 0 bridgehead atoms. The van der Waals surface area contributed by atoms with Crippen molar-refractivity contribution < 1.29 is 15.3 Å². The fourth-order valence-electron chi connectivity index (χ4n) is 0.760. The van der Waals surface area contributed by atoms with Gasteiger partial charge in [0.2, 0.25) is 0 Å². The Morgan fingerprint density at radius 1 is 0.727 bits per heavy atom. The first kappa shape index (κ1) is 14.1. The maximum Gasteiger partial charge on any atom is 0.0558 e. The van der Waals surface area contributed by atoms with Crippen molar-refractivity contribution in [2.24, 2.45) is 0 Å². The molecule has 0 aliphatic heterocycles. The molecule has 0 saturated carbocycles. The maximum atomic E-state index is 8.48. The van der Waals surface area contributed by atoms with Crippen LogP contribution in [0.3, 0.4) is 0 Å².